The van der Waals surface area contributed by atoms with Crippen molar-refractivity contribution in [3.63, 3.8) is 0 Å². The molecular weight excluding hydrogens is 474 g/mol. The Hall–Kier alpha value is -2.89. The van der Waals surface area contributed by atoms with E-state index in [1.54, 1.807) is 0 Å². The van der Waals surface area contributed by atoms with Crippen LogP contribution in [0.3, 0.4) is 0 Å². The first kappa shape index (κ1) is 22.8. The molecule has 0 saturated heterocycles. The van der Waals surface area contributed by atoms with Gasteiger partial charge in [0.2, 0.25) is 0 Å². The molecule has 3 aromatic rings. The Bertz CT molecular complexity index is 1350. The van der Waals surface area contributed by atoms with E-state index in [9.17, 15) is 25.6 Å². The molecule has 7 nitrogen and oxygen atoms in total. The number of nitrogens with one attached hydrogen (secondary N) is 2. The van der Waals surface area contributed by atoms with Crippen LogP contribution >= 0.6 is 11.6 Å². The van der Waals surface area contributed by atoms with Crippen LogP contribution in [-0.2, 0) is 20.0 Å². The van der Waals surface area contributed by atoms with Crippen molar-refractivity contribution in [1.82, 2.24) is 0 Å². The van der Waals surface area contributed by atoms with Crippen LogP contribution in [0.25, 0.3) is 0 Å². The zero-order chi connectivity index (χ0) is 22.8. The molecule has 31 heavy (non-hydrogen) atoms. The van der Waals surface area contributed by atoms with Crippen molar-refractivity contribution in [2.24, 2.45) is 0 Å². The Labute approximate surface area is 182 Å². The summed E-state index contributed by atoms with van der Waals surface area (Å²) in [6.45, 7) is 0. The monoisotopic (exact) mass is 488 g/mol. The number of hydrogen-bond donors (Lipinski definition) is 2. The summed E-state index contributed by atoms with van der Waals surface area (Å²) in [7, 11) is -7.64. The summed E-state index contributed by atoms with van der Waals surface area (Å²) >= 11 is 6.06. The third-order valence-corrected chi connectivity index (χ3v) is 7.20. The molecule has 3 aromatic carbocycles. The fraction of sp³-hybridized carbons (Fsp3) is 0.0526. The lowest BCUT2D eigenvalue weighted by Crippen LogP contribution is -2.18. The van der Waals surface area contributed by atoms with Crippen molar-refractivity contribution in [2.45, 2.75) is 9.79 Å². The molecule has 0 saturated carbocycles. The zero-order valence-corrected chi connectivity index (χ0v) is 18.2. The SMILES string of the molecule is COc1cc(Cl)c(S(=O)(=O)Nc2cccc(F)c2)cc1S(=O)(=O)Nc1cccc(F)c1. The minimum Gasteiger partial charge on any atom is -0.495 e. The van der Waals surface area contributed by atoms with Gasteiger partial charge in [0, 0.05) is 6.07 Å². The van der Waals surface area contributed by atoms with Gasteiger partial charge in [-0.05, 0) is 42.5 Å². The van der Waals surface area contributed by atoms with Crippen molar-refractivity contribution in [2.75, 3.05) is 16.6 Å². The lowest BCUT2D eigenvalue weighted by Gasteiger charge is -2.15. The number of anilines is 2. The van der Waals surface area contributed by atoms with Crippen molar-refractivity contribution in [3.05, 3.63) is 77.3 Å². The van der Waals surface area contributed by atoms with Gasteiger partial charge in [0.05, 0.1) is 23.5 Å². The largest absolute Gasteiger partial charge is 0.495 e. The third kappa shape index (κ3) is 5.24. The van der Waals surface area contributed by atoms with Crippen molar-refractivity contribution in [1.29, 1.82) is 0 Å². The highest BCUT2D eigenvalue weighted by molar-refractivity contribution is 7.93. The first-order valence-corrected chi connectivity index (χ1v) is 11.8. The first-order chi connectivity index (χ1) is 14.5. The summed E-state index contributed by atoms with van der Waals surface area (Å²) in [6.07, 6.45) is 0. The van der Waals surface area contributed by atoms with Gasteiger partial charge in [-0.25, -0.2) is 25.6 Å². The minimum atomic E-state index is -4.40. The lowest BCUT2D eigenvalue weighted by atomic mass is 10.3. The highest BCUT2D eigenvalue weighted by Crippen LogP contribution is 2.35. The van der Waals surface area contributed by atoms with Crippen LogP contribution in [0.15, 0.2) is 70.5 Å². The summed E-state index contributed by atoms with van der Waals surface area (Å²) in [5.41, 5.74) is -0.173. The van der Waals surface area contributed by atoms with Crippen LogP contribution in [0.5, 0.6) is 5.75 Å². The number of ether oxygens (including phenoxy) is 1. The van der Waals surface area contributed by atoms with E-state index in [-0.39, 0.29) is 22.1 Å². The van der Waals surface area contributed by atoms with Gasteiger partial charge in [-0.3, -0.25) is 9.44 Å². The molecule has 0 amide bonds. The predicted molar refractivity (Wildman–Crippen MR) is 112 cm³/mol. The molecule has 0 aliphatic rings. The molecule has 0 spiro atoms. The van der Waals surface area contributed by atoms with Gasteiger partial charge in [0.25, 0.3) is 20.0 Å². The van der Waals surface area contributed by atoms with E-state index >= 15 is 0 Å². The molecule has 0 aliphatic carbocycles. The maximum atomic E-state index is 13.4. The number of sulfonamides is 2. The van der Waals surface area contributed by atoms with Gasteiger partial charge in [-0.2, -0.15) is 0 Å². The number of benzene rings is 3. The molecular formula is C19H15ClF2N2O5S2. The molecule has 164 valence electrons. The Balaban J connectivity index is 2.07. The molecule has 0 fully saturated rings. The molecule has 0 heterocycles. The zero-order valence-electron chi connectivity index (χ0n) is 15.8. The van der Waals surface area contributed by atoms with E-state index in [0.29, 0.717) is 0 Å². The van der Waals surface area contributed by atoms with E-state index in [4.69, 9.17) is 16.3 Å². The second-order valence-electron chi connectivity index (χ2n) is 6.17. The quantitative estimate of drug-likeness (QED) is 0.518. The topological polar surface area (TPSA) is 102 Å². The molecule has 0 radical (unpaired) electrons. The van der Waals surface area contributed by atoms with Gasteiger partial charge < -0.3 is 4.74 Å². The van der Waals surface area contributed by atoms with Crippen LogP contribution in [-0.4, -0.2) is 23.9 Å². The number of halogens is 3. The summed E-state index contributed by atoms with van der Waals surface area (Å²) in [5, 5.41) is -0.328. The number of hydrogen-bond acceptors (Lipinski definition) is 5. The molecule has 2 N–H and O–H groups in total. The minimum absolute atomic E-state index is 0.0840. The standard InChI is InChI=1S/C19H15ClF2N2O5S2/c1-29-17-10-16(20)18(30(25,26)23-14-6-2-4-12(21)8-14)11-19(17)31(27,28)24-15-7-3-5-13(22)9-15/h2-11,23-24H,1H3. The second kappa shape index (κ2) is 8.69. The van der Waals surface area contributed by atoms with E-state index in [1.807, 2.05) is 0 Å². The smallest absolute Gasteiger partial charge is 0.265 e. The van der Waals surface area contributed by atoms with Crippen LogP contribution in [0.4, 0.5) is 20.2 Å². The van der Waals surface area contributed by atoms with Crippen molar-refractivity contribution >= 4 is 43.0 Å². The fourth-order valence-corrected chi connectivity index (χ4v) is 5.51. The van der Waals surface area contributed by atoms with Gasteiger partial charge in [0.1, 0.15) is 27.2 Å². The normalized spacial score (nSPS) is 11.7. The third-order valence-electron chi connectivity index (χ3n) is 3.95. The summed E-state index contributed by atoms with van der Waals surface area (Å²) < 4.78 is 87.4. The second-order valence-corrected chi connectivity index (χ2v) is 9.87. The number of methoxy groups -OCH3 is 1. The Morgan fingerprint density at radius 2 is 1.26 bits per heavy atom. The number of rotatable bonds is 7. The molecule has 0 aromatic heterocycles. The van der Waals surface area contributed by atoms with E-state index in [0.717, 1.165) is 36.4 Å². The summed E-state index contributed by atoms with van der Waals surface area (Å²) in [5.74, 6) is -1.59. The van der Waals surface area contributed by atoms with Crippen LogP contribution < -0.4 is 14.2 Å². The Kier molecular flexibility index (Phi) is 6.39. The van der Waals surface area contributed by atoms with Crippen molar-refractivity contribution < 1.29 is 30.4 Å². The summed E-state index contributed by atoms with van der Waals surface area (Å²) in [4.78, 5) is -1.14. The molecule has 0 aliphatic heterocycles. The maximum Gasteiger partial charge on any atom is 0.265 e. The molecule has 0 atom stereocenters. The van der Waals surface area contributed by atoms with Gasteiger partial charge >= 0.3 is 0 Å². The molecule has 3 rings (SSSR count). The Morgan fingerprint density at radius 3 is 1.71 bits per heavy atom. The van der Waals surface area contributed by atoms with E-state index < -0.39 is 41.5 Å². The molecule has 0 unspecified atom stereocenters. The summed E-state index contributed by atoms with van der Waals surface area (Å²) in [6, 6.07) is 11.2. The van der Waals surface area contributed by atoms with E-state index in [2.05, 4.69) is 9.44 Å². The van der Waals surface area contributed by atoms with Gasteiger partial charge in [-0.15, -0.1) is 0 Å². The van der Waals surface area contributed by atoms with Crippen LogP contribution in [0.1, 0.15) is 0 Å². The highest BCUT2D eigenvalue weighted by atomic mass is 35.5. The molecule has 0 bridgehead atoms. The Morgan fingerprint density at radius 1 is 0.774 bits per heavy atom. The van der Waals surface area contributed by atoms with Crippen LogP contribution in [0.2, 0.25) is 5.02 Å². The molecule has 12 heteroatoms. The fourth-order valence-electron chi connectivity index (χ4n) is 2.62. The van der Waals surface area contributed by atoms with Crippen LogP contribution in [0, 0.1) is 11.6 Å². The maximum absolute atomic E-state index is 13.4. The van der Waals surface area contributed by atoms with Crippen molar-refractivity contribution in [3.8, 4) is 5.75 Å². The average molecular weight is 489 g/mol. The van der Waals surface area contributed by atoms with Gasteiger partial charge in [0.15, 0.2) is 0 Å². The van der Waals surface area contributed by atoms with E-state index in [1.165, 1.54) is 31.4 Å². The average Bonchev–Trinajstić information content (AvgIpc) is 2.66. The first-order valence-electron chi connectivity index (χ1n) is 8.46. The predicted octanol–water partition coefficient (Wildman–Crippen LogP) is 4.23. The lowest BCUT2D eigenvalue weighted by molar-refractivity contribution is 0.402. The van der Waals surface area contributed by atoms with Gasteiger partial charge in [-0.1, -0.05) is 23.7 Å². The highest BCUT2D eigenvalue weighted by Gasteiger charge is 2.27.